The van der Waals surface area contributed by atoms with Crippen molar-refractivity contribution in [2.75, 3.05) is 0 Å². The van der Waals surface area contributed by atoms with Gasteiger partial charge in [0.1, 0.15) is 64.9 Å². The zero-order valence-corrected chi connectivity index (χ0v) is 57.1. The number of benzene rings is 6. The molecule has 0 saturated carbocycles. The molecule has 78 heavy (non-hydrogen) atoms. The molecule has 0 bridgehead atoms. The van der Waals surface area contributed by atoms with Gasteiger partial charge in [0, 0.05) is 0 Å². The molecule has 0 aliphatic rings. The Morgan fingerprint density at radius 1 is 0.346 bits per heavy atom. The third-order valence-electron chi connectivity index (χ3n) is 10.5. The average molecular weight is 1270 g/mol. The predicted octanol–water partition coefficient (Wildman–Crippen LogP) is -0.436. The average Bonchev–Trinajstić information content (AvgIpc) is 3.30. The molecule has 30 heteroatoms. The van der Waals surface area contributed by atoms with Crippen LogP contribution in [0.25, 0.3) is 0 Å². The second kappa shape index (κ2) is 36.0. The largest absolute Gasteiger partial charge is 1.00 e. The fourth-order valence-electron chi connectivity index (χ4n) is 7.05. The summed E-state index contributed by atoms with van der Waals surface area (Å²) in [5.74, 6) is 3.76. The van der Waals surface area contributed by atoms with Gasteiger partial charge in [0.15, 0.2) is 15.0 Å². The number of para-hydroxylation sites is 3. The van der Waals surface area contributed by atoms with Crippen molar-refractivity contribution in [3.63, 3.8) is 0 Å². The van der Waals surface area contributed by atoms with E-state index in [9.17, 15) is 52.6 Å². The minimum atomic E-state index is -5.06. The summed E-state index contributed by atoms with van der Waals surface area (Å²) in [7, 11) is -30.2. The van der Waals surface area contributed by atoms with Gasteiger partial charge in [-0.05, 0) is 147 Å². The van der Waals surface area contributed by atoms with E-state index in [0.717, 1.165) is 16.7 Å². The number of aryl methyl sites for hydroxylation is 3. The van der Waals surface area contributed by atoms with Crippen LogP contribution in [0.5, 0.6) is 34.5 Å². The second-order valence-electron chi connectivity index (χ2n) is 16.5. The maximum absolute atomic E-state index is 11.2. The Morgan fingerprint density at radius 3 is 0.744 bits per heavy atom. The third kappa shape index (κ3) is 29.6. The van der Waals surface area contributed by atoms with Crippen LogP contribution in [0.3, 0.4) is 0 Å². The van der Waals surface area contributed by atoms with Crippen LogP contribution in [-0.4, -0.2) is 83.2 Å². The Labute approximate surface area is 581 Å². The zero-order chi connectivity index (χ0) is 55.5. The fraction of sp³-hybridized carbons (Fsp3) is 0.250. The first-order valence-electron chi connectivity index (χ1n) is 22.4. The van der Waals surface area contributed by atoms with Crippen LogP contribution in [0.1, 0.15) is 55.2 Å². The second-order valence-corrected chi connectivity index (χ2v) is 27.6. The fourth-order valence-corrected chi connectivity index (χ4v) is 14.0. The van der Waals surface area contributed by atoms with E-state index in [4.69, 9.17) is 43.6 Å². The number of hydrogen-bond acceptors (Lipinski definition) is 15. The molecule has 0 aliphatic carbocycles. The molecule has 6 aromatic rings. The van der Waals surface area contributed by atoms with E-state index >= 15 is 0 Å². The van der Waals surface area contributed by atoms with Gasteiger partial charge < -0.3 is 57.2 Å². The predicted molar refractivity (Wildman–Crippen MR) is 274 cm³/mol. The topological polar surface area (TPSA) is 372 Å². The molecule has 0 fully saturated rings. The summed E-state index contributed by atoms with van der Waals surface area (Å²) in [4.78, 5) is 47.6. The van der Waals surface area contributed by atoms with Gasteiger partial charge in [0.2, 0.25) is 0 Å². The molecule has 0 aromatic heterocycles. The van der Waals surface area contributed by atoms with Crippen molar-refractivity contribution >= 4 is 53.1 Å². The van der Waals surface area contributed by atoms with Crippen molar-refractivity contribution in [1.82, 2.24) is 0 Å². The van der Waals surface area contributed by atoms with E-state index in [1.165, 1.54) is 0 Å². The van der Waals surface area contributed by atoms with Crippen LogP contribution < -0.4 is 168 Å². The molecule has 0 heterocycles. The van der Waals surface area contributed by atoms with E-state index in [2.05, 4.69) is 0 Å². The SMILES string of the molecule is O=P(O)(O)C(CCCc1cccc(Oc2ccccc2)c1)S(=O)(=O)[O-].O=P(O)(O)C(CCCc1cccc(Oc2ccccc2)c1)S(=O)(=O)[O-].O=P(O)(O)C(CCCc1cccc(Oc2ccccc2)c1)S(=O)(=O)[O-].[K+].[K+].[K+]. The Bertz CT molecular complexity index is 2900. The minimum Gasteiger partial charge on any atom is -0.747 e. The molecule has 3 unspecified atom stereocenters. The quantitative estimate of drug-likeness (QED) is 0.0254. The number of ether oxygens (including phenoxy) is 3. The molecule has 3 atom stereocenters. The van der Waals surface area contributed by atoms with Crippen LogP contribution >= 0.6 is 22.8 Å². The smallest absolute Gasteiger partial charge is 0.747 e. The molecule has 0 saturated heterocycles. The monoisotopic (exact) mass is 1270 g/mol. The van der Waals surface area contributed by atoms with Crippen LogP contribution in [-0.2, 0) is 63.3 Å². The standard InChI is InChI=1S/3C16H19O7PS.3K/c3*17-24(18,19)16(25(20,21)22)11-5-7-13-6-4-10-15(12-13)23-14-8-2-1-3-9-14;;;/h3*1-4,6,8-10,12,16H,5,7,11H2,(H2,17,18,19)(H,20,21,22);;;/q;;;3*+1/p-3. The summed E-state index contributed by atoms with van der Waals surface area (Å²) < 4.78 is 150. The Morgan fingerprint density at radius 2 is 0.551 bits per heavy atom. The molecular formula is C48H54K3O21P3S3. The van der Waals surface area contributed by atoms with Crippen LogP contribution in [0.4, 0.5) is 0 Å². The van der Waals surface area contributed by atoms with Crippen molar-refractivity contribution in [2.45, 2.75) is 72.8 Å². The van der Waals surface area contributed by atoms with Gasteiger partial charge >= 0.3 is 177 Å². The zero-order valence-electron chi connectivity index (χ0n) is 42.6. The van der Waals surface area contributed by atoms with Gasteiger partial charge in [-0.2, -0.15) is 0 Å². The summed E-state index contributed by atoms with van der Waals surface area (Å²) in [6.07, 6.45) is 0.303. The van der Waals surface area contributed by atoms with E-state index < -0.39 is 87.4 Å². The summed E-state index contributed by atoms with van der Waals surface area (Å²) in [5.41, 5.74) is 2.42. The molecule has 0 aliphatic heterocycles. The van der Waals surface area contributed by atoms with E-state index in [1.807, 2.05) is 54.6 Å². The summed E-state index contributed by atoms with van der Waals surface area (Å²) in [6.45, 7) is 0. The van der Waals surface area contributed by atoms with Crippen LogP contribution in [0.2, 0.25) is 0 Å². The molecule has 21 nitrogen and oxygen atoms in total. The first kappa shape index (κ1) is 75.8. The maximum atomic E-state index is 11.2. The van der Waals surface area contributed by atoms with Gasteiger partial charge in [0.05, 0.1) is 0 Å². The molecule has 6 rings (SSSR count). The van der Waals surface area contributed by atoms with Crippen molar-refractivity contribution in [3.8, 4) is 34.5 Å². The van der Waals surface area contributed by atoms with Gasteiger partial charge in [-0.1, -0.05) is 91.0 Å². The number of rotatable bonds is 24. The maximum Gasteiger partial charge on any atom is 1.00 e. The molecule has 408 valence electrons. The van der Waals surface area contributed by atoms with Crippen molar-refractivity contribution < 1.29 is 250 Å². The number of hydrogen-bond donors (Lipinski definition) is 6. The summed E-state index contributed by atoms with van der Waals surface area (Å²) in [5, 5.41) is 0. The van der Waals surface area contributed by atoms with Crippen LogP contribution in [0.15, 0.2) is 164 Å². The Hall–Kier alpha value is -0.191. The summed E-state index contributed by atoms with van der Waals surface area (Å²) in [6, 6.07) is 48.6. The van der Waals surface area contributed by atoms with Crippen LogP contribution in [0, 0.1) is 0 Å². The Balaban J connectivity index is 0.000000574. The van der Waals surface area contributed by atoms with Gasteiger partial charge in [-0.15, -0.1) is 0 Å². The third-order valence-corrected chi connectivity index (χ3v) is 21.0. The van der Waals surface area contributed by atoms with Crippen molar-refractivity contribution in [3.05, 3.63) is 180 Å². The first-order valence-corrected chi connectivity index (χ1v) is 31.9. The molecule has 6 aromatic carbocycles. The molecule has 0 spiro atoms. The minimum absolute atomic E-state index is 0. The van der Waals surface area contributed by atoms with Gasteiger partial charge in [-0.3, -0.25) is 13.7 Å². The van der Waals surface area contributed by atoms with E-state index in [0.29, 0.717) is 53.8 Å². The molecule has 6 N–H and O–H groups in total. The van der Waals surface area contributed by atoms with E-state index in [1.54, 1.807) is 109 Å². The summed E-state index contributed by atoms with van der Waals surface area (Å²) >= 11 is 0. The molecular weight excluding hydrogens is 1220 g/mol. The van der Waals surface area contributed by atoms with Crippen molar-refractivity contribution in [1.29, 1.82) is 0 Å². The first-order chi connectivity index (χ1) is 35.0. The Kier molecular flexibility index (Phi) is 34.9. The van der Waals surface area contributed by atoms with Gasteiger partial charge in [-0.25, -0.2) is 25.3 Å². The van der Waals surface area contributed by atoms with Crippen molar-refractivity contribution in [2.24, 2.45) is 0 Å². The molecule has 0 amide bonds. The van der Waals surface area contributed by atoms with Gasteiger partial charge in [0.25, 0.3) is 0 Å². The molecule has 0 radical (unpaired) electrons. The normalized spacial score (nSPS) is 12.9. The van der Waals surface area contributed by atoms with E-state index in [-0.39, 0.29) is 173 Å².